The van der Waals surface area contributed by atoms with Gasteiger partial charge in [0.05, 0.1) is 20.8 Å². The highest BCUT2D eigenvalue weighted by Crippen LogP contribution is 2.41. The minimum absolute atomic E-state index is 0.0204. The number of hydrogen-bond acceptors (Lipinski definition) is 5. The van der Waals surface area contributed by atoms with E-state index in [9.17, 15) is 4.79 Å². The number of methoxy groups -OCH3 is 2. The van der Waals surface area contributed by atoms with E-state index in [4.69, 9.17) is 25.8 Å². The molecule has 1 aliphatic rings. The van der Waals surface area contributed by atoms with E-state index >= 15 is 0 Å². The molecule has 0 fully saturated rings. The van der Waals surface area contributed by atoms with Gasteiger partial charge in [0, 0.05) is 34.6 Å². The number of hydrogen-bond donors (Lipinski definition) is 0. The van der Waals surface area contributed by atoms with E-state index in [1.807, 2.05) is 37.3 Å². The highest BCUT2D eigenvalue weighted by atomic mass is 35.5. The van der Waals surface area contributed by atoms with E-state index in [1.165, 1.54) is 0 Å². The van der Waals surface area contributed by atoms with E-state index in [-0.39, 0.29) is 12.5 Å². The molecule has 1 aromatic heterocycles. The van der Waals surface area contributed by atoms with E-state index in [1.54, 1.807) is 36.1 Å². The average Bonchev–Trinajstić information content (AvgIpc) is 3.04. The van der Waals surface area contributed by atoms with Crippen molar-refractivity contribution in [3.05, 3.63) is 58.9 Å². The normalized spacial score (nSPS) is 13.2. The van der Waals surface area contributed by atoms with Gasteiger partial charge in [0.15, 0.2) is 11.5 Å². The molecule has 0 bridgehead atoms. The van der Waals surface area contributed by atoms with Gasteiger partial charge in [-0.3, -0.25) is 9.48 Å². The van der Waals surface area contributed by atoms with E-state index < -0.39 is 0 Å². The Bertz CT molecular complexity index is 1110. The van der Waals surface area contributed by atoms with Crippen molar-refractivity contribution in [2.75, 3.05) is 27.4 Å². The Morgan fingerprint density at radius 2 is 1.97 bits per heavy atom. The van der Waals surface area contributed by atoms with Gasteiger partial charge in [-0.15, -0.1) is 0 Å². The number of carbonyl (C=O) groups is 1. The van der Waals surface area contributed by atoms with Crippen molar-refractivity contribution in [2.24, 2.45) is 0 Å². The molecule has 0 aliphatic carbocycles. The third kappa shape index (κ3) is 4.32. The number of aromatic nitrogens is 2. The molecule has 0 radical (unpaired) electrons. The molecule has 0 N–H and O–H groups in total. The summed E-state index contributed by atoms with van der Waals surface area (Å²) >= 11 is 6.24. The second-order valence-electron chi connectivity index (χ2n) is 7.31. The van der Waals surface area contributed by atoms with Crippen LogP contribution in [0, 0.1) is 6.92 Å². The molecular weight excluding hydrogens is 418 g/mol. The molecule has 0 atom stereocenters. The molecule has 3 aromatic rings. The van der Waals surface area contributed by atoms with E-state index in [2.05, 4.69) is 5.10 Å². The number of nitrogens with zero attached hydrogens (tertiary/aromatic N) is 3. The molecule has 2 heterocycles. The number of amides is 1. The summed E-state index contributed by atoms with van der Waals surface area (Å²) in [5.74, 6) is 1.93. The van der Waals surface area contributed by atoms with Gasteiger partial charge in [-0.1, -0.05) is 11.6 Å². The molecule has 0 spiro atoms. The number of aryl methyl sites for hydroxylation is 1. The summed E-state index contributed by atoms with van der Waals surface area (Å²) in [6, 6.07) is 11.2. The second kappa shape index (κ2) is 8.89. The fourth-order valence-corrected chi connectivity index (χ4v) is 3.87. The number of fused-ring (bicyclic) bond motifs is 1. The van der Waals surface area contributed by atoms with Gasteiger partial charge in [0.2, 0.25) is 5.91 Å². The zero-order chi connectivity index (χ0) is 22.0. The van der Waals surface area contributed by atoms with Crippen LogP contribution in [0.5, 0.6) is 17.2 Å². The van der Waals surface area contributed by atoms with Crippen LogP contribution in [0.2, 0.25) is 5.02 Å². The van der Waals surface area contributed by atoms with Crippen LogP contribution >= 0.6 is 11.6 Å². The lowest BCUT2D eigenvalue weighted by molar-refractivity contribution is -0.132. The minimum Gasteiger partial charge on any atom is -0.496 e. The monoisotopic (exact) mass is 441 g/mol. The summed E-state index contributed by atoms with van der Waals surface area (Å²) in [7, 11) is 3.22. The van der Waals surface area contributed by atoms with Gasteiger partial charge in [0.25, 0.3) is 0 Å². The van der Waals surface area contributed by atoms with Crippen molar-refractivity contribution in [3.8, 4) is 28.4 Å². The van der Waals surface area contributed by atoms with Gasteiger partial charge in [-0.2, -0.15) is 5.10 Å². The topological polar surface area (TPSA) is 65.8 Å². The SMILES string of the molecule is COc1ccc(Cl)cc1-c1cc2c(c(OC)c1)OCCN(C(=O)Cn1nccc1C)C2. The molecule has 4 rings (SSSR count). The fraction of sp³-hybridized carbons (Fsp3) is 0.304. The first-order valence-corrected chi connectivity index (χ1v) is 10.3. The first kappa shape index (κ1) is 21.1. The zero-order valence-electron chi connectivity index (χ0n) is 17.7. The summed E-state index contributed by atoms with van der Waals surface area (Å²) in [5.41, 5.74) is 3.51. The fourth-order valence-electron chi connectivity index (χ4n) is 3.70. The van der Waals surface area contributed by atoms with Crippen molar-refractivity contribution in [2.45, 2.75) is 20.0 Å². The Morgan fingerprint density at radius 3 is 2.68 bits per heavy atom. The second-order valence-corrected chi connectivity index (χ2v) is 7.74. The molecule has 7 nitrogen and oxygen atoms in total. The molecule has 0 saturated carbocycles. The minimum atomic E-state index is -0.0204. The predicted octanol–water partition coefficient (Wildman–Crippen LogP) is 3.95. The van der Waals surface area contributed by atoms with Crippen molar-refractivity contribution >= 4 is 17.5 Å². The van der Waals surface area contributed by atoms with Crippen molar-refractivity contribution in [1.29, 1.82) is 0 Å². The van der Waals surface area contributed by atoms with E-state index in [0.717, 1.165) is 22.4 Å². The first-order valence-electron chi connectivity index (χ1n) is 9.94. The molecule has 31 heavy (non-hydrogen) atoms. The van der Waals surface area contributed by atoms with Gasteiger partial charge < -0.3 is 19.1 Å². The van der Waals surface area contributed by atoms with Gasteiger partial charge >= 0.3 is 0 Å². The smallest absolute Gasteiger partial charge is 0.244 e. The van der Waals surface area contributed by atoms with Crippen LogP contribution in [0.4, 0.5) is 0 Å². The maximum atomic E-state index is 13.0. The summed E-state index contributed by atoms with van der Waals surface area (Å²) in [4.78, 5) is 14.8. The Morgan fingerprint density at radius 1 is 1.16 bits per heavy atom. The van der Waals surface area contributed by atoms with Crippen LogP contribution in [0.15, 0.2) is 42.6 Å². The van der Waals surface area contributed by atoms with Crippen molar-refractivity contribution in [3.63, 3.8) is 0 Å². The first-order chi connectivity index (χ1) is 15.0. The molecule has 8 heteroatoms. The Kier molecular flexibility index (Phi) is 6.04. The van der Waals surface area contributed by atoms with Crippen LogP contribution < -0.4 is 14.2 Å². The Labute approximate surface area is 186 Å². The molecule has 162 valence electrons. The van der Waals surface area contributed by atoms with Gasteiger partial charge in [-0.25, -0.2) is 0 Å². The van der Waals surface area contributed by atoms with Crippen LogP contribution in [-0.4, -0.2) is 48.0 Å². The van der Waals surface area contributed by atoms with Gasteiger partial charge in [-0.05, 0) is 48.9 Å². The van der Waals surface area contributed by atoms with Crippen molar-refractivity contribution in [1.82, 2.24) is 14.7 Å². The number of benzene rings is 2. The Hall–Kier alpha value is -3.19. The van der Waals surface area contributed by atoms with Crippen LogP contribution in [-0.2, 0) is 17.9 Å². The molecule has 1 amide bonds. The van der Waals surface area contributed by atoms with Crippen molar-refractivity contribution < 1.29 is 19.0 Å². The number of ether oxygens (including phenoxy) is 3. The molecule has 0 unspecified atom stereocenters. The lowest BCUT2D eigenvalue weighted by Gasteiger charge is -2.21. The highest BCUT2D eigenvalue weighted by molar-refractivity contribution is 6.31. The third-order valence-electron chi connectivity index (χ3n) is 5.36. The number of halogens is 1. The number of rotatable bonds is 5. The molecular formula is C23H24ClN3O4. The third-order valence-corrected chi connectivity index (χ3v) is 5.59. The lowest BCUT2D eigenvalue weighted by Crippen LogP contribution is -2.35. The molecule has 1 aliphatic heterocycles. The maximum Gasteiger partial charge on any atom is 0.244 e. The maximum absolute atomic E-state index is 13.0. The standard InChI is InChI=1S/C23H24ClN3O4/c1-15-6-7-25-27(15)14-22(28)26-8-9-31-23-17(13-26)10-16(11-21(23)30-3)19-12-18(24)4-5-20(19)29-2/h4-7,10-12H,8-9,13-14H2,1-3H3. The Balaban J connectivity index is 1.70. The average molecular weight is 442 g/mol. The summed E-state index contributed by atoms with van der Waals surface area (Å²) in [6.45, 7) is 3.38. The van der Waals surface area contributed by atoms with E-state index in [0.29, 0.717) is 42.0 Å². The quantitative estimate of drug-likeness (QED) is 0.599. The predicted molar refractivity (Wildman–Crippen MR) is 118 cm³/mol. The largest absolute Gasteiger partial charge is 0.496 e. The number of carbonyl (C=O) groups excluding carboxylic acids is 1. The highest BCUT2D eigenvalue weighted by Gasteiger charge is 2.24. The molecule has 0 saturated heterocycles. The summed E-state index contributed by atoms with van der Waals surface area (Å²) in [5, 5.41) is 4.82. The van der Waals surface area contributed by atoms with Gasteiger partial charge in [0.1, 0.15) is 18.9 Å². The summed E-state index contributed by atoms with van der Waals surface area (Å²) < 4.78 is 18.8. The van der Waals surface area contributed by atoms with Crippen LogP contribution in [0.1, 0.15) is 11.3 Å². The zero-order valence-corrected chi connectivity index (χ0v) is 18.5. The van der Waals surface area contributed by atoms with Crippen LogP contribution in [0.25, 0.3) is 11.1 Å². The molecule has 2 aromatic carbocycles. The lowest BCUT2D eigenvalue weighted by atomic mass is 10.0. The summed E-state index contributed by atoms with van der Waals surface area (Å²) in [6.07, 6.45) is 1.69. The van der Waals surface area contributed by atoms with Crippen LogP contribution in [0.3, 0.4) is 0 Å².